The molecule has 0 radical (unpaired) electrons. The van der Waals surface area contributed by atoms with Crippen molar-refractivity contribution in [1.29, 1.82) is 5.26 Å². The Morgan fingerprint density at radius 2 is 1.80 bits per heavy atom. The Morgan fingerprint density at radius 1 is 1.00 bits per heavy atom. The lowest BCUT2D eigenvalue weighted by Crippen LogP contribution is -2.52. The number of rotatable bonds is 9. The second-order valence-electron chi connectivity index (χ2n) is 15.5. The van der Waals surface area contributed by atoms with Crippen molar-refractivity contribution in [2.45, 2.75) is 70.2 Å². The summed E-state index contributed by atoms with van der Waals surface area (Å²) >= 11 is 6.78. The lowest BCUT2D eigenvalue weighted by Gasteiger charge is -2.44. The smallest absolute Gasteiger partial charge is 0.309 e. The second kappa shape index (κ2) is 14.3. The number of nitrogens with zero attached hydrogens (tertiary/aromatic N) is 4. The molecule has 2 aliphatic carbocycles. The third-order valence-corrected chi connectivity index (χ3v) is 12.5. The van der Waals surface area contributed by atoms with E-state index in [0.29, 0.717) is 54.1 Å². The Hall–Kier alpha value is -4.92. The molecule has 0 saturated carbocycles. The van der Waals surface area contributed by atoms with Gasteiger partial charge in [-0.25, -0.2) is 0 Å². The van der Waals surface area contributed by atoms with Crippen LogP contribution in [-0.2, 0) is 24.2 Å². The van der Waals surface area contributed by atoms with Crippen LogP contribution in [0.5, 0.6) is 11.8 Å². The van der Waals surface area contributed by atoms with Gasteiger partial charge in [-0.15, -0.1) is 0 Å². The number of nitriles is 1. The number of pyridine rings is 1. The fraction of sp³-hybridized carbons (Fsp3) is 0.386. The van der Waals surface area contributed by atoms with Gasteiger partial charge in [-0.1, -0.05) is 48.0 Å². The summed E-state index contributed by atoms with van der Waals surface area (Å²) in [6.07, 6.45) is 4.66. The van der Waals surface area contributed by atoms with E-state index in [-0.39, 0.29) is 24.2 Å². The number of aliphatic hydroxyl groups excluding tert-OH is 1. The van der Waals surface area contributed by atoms with Crippen molar-refractivity contribution in [2.75, 3.05) is 33.3 Å². The van der Waals surface area contributed by atoms with Crippen LogP contribution in [0.15, 0.2) is 59.0 Å². The summed E-state index contributed by atoms with van der Waals surface area (Å²) in [6, 6.07) is 21.1. The van der Waals surface area contributed by atoms with Crippen LogP contribution >= 0.6 is 11.6 Å². The number of aromatic nitrogens is 1. The van der Waals surface area contributed by atoms with Crippen LogP contribution in [0.1, 0.15) is 76.8 Å². The predicted molar refractivity (Wildman–Crippen MR) is 208 cm³/mol. The van der Waals surface area contributed by atoms with Gasteiger partial charge in [0.15, 0.2) is 5.58 Å². The summed E-state index contributed by atoms with van der Waals surface area (Å²) in [5.41, 5.74) is 11.0. The number of aliphatic carboxylic acids is 1. The van der Waals surface area contributed by atoms with Gasteiger partial charge in [0.2, 0.25) is 11.8 Å². The van der Waals surface area contributed by atoms with Crippen LogP contribution < -0.4 is 9.47 Å². The first-order chi connectivity index (χ1) is 26.7. The van der Waals surface area contributed by atoms with Crippen LogP contribution in [0.2, 0.25) is 5.02 Å². The van der Waals surface area contributed by atoms with Gasteiger partial charge in [-0.3, -0.25) is 14.6 Å². The molecule has 2 N–H and O–H groups in total. The molecule has 0 bridgehead atoms. The Balaban J connectivity index is 1.01. The molecule has 10 nitrogen and oxygen atoms in total. The standard InChI is InChI=1S/C44H43ClN4O6/c1-24-29(31-8-4-10-34-33(31)12-13-39(34)55-43-37(45)17-26(42(47-43)53-2)20-48-15-14-28(50)23-48)6-3-7-30(24)40-18-36-32-9-5-11-38(49-21-27(22-49)44(51)52)35(32)16-25(19-46)41(36)54-40/h3-4,6-8,10,16-18,27-28,38-39,50H,5,9,11-15,20-23H2,1-2H3,(H,51,52)/t28-,38?,39+/m1/s1. The number of carboxylic acid groups (broad SMARTS) is 1. The summed E-state index contributed by atoms with van der Waals surface area (Å²) < 4.78 is 18.8. The lowest BCUT2D eigenvalue weighted by atomic mass is 9.81. The van der Waals surface area contributed by atoms with E-state index < -0.39 is 5.97 Å². The summed E-state index contributed by atoms with van der Waals surface area (Å²) in [5.74, 6) is 0.465. The van der Waals surface area contributed by atoms with E-state index in [1.54, 1.807) is 7.11 Å². The van der Waals surface area contributed by atoms with Crippen molar-refractivity contribution in [1.82, 2.24) is 14.8 Å². The molecule has 5 aromatic rings. The van der Waals surface area contributed by atoms with Crippen molar-refractivity contribution >= 4 is 28.5 Å². The number of carbonyl (C=O) groups is 1. The maximum atomic E-state index is 11.5. The molecule has 2 saturated heterocycles. The Labute approximate surface area is 324 Å². The number of aryl methyl sites for hydroxylation is 1. The van der Waals surface area contributed by atoms with E-state index in [4.69, 9.17) is 30.5 Å². The van der Waals surface area contributed by atoms with Gasteiger partial charge < -0.3 is 24.1 Å². The van der Waals surface area contributed by atoms with Crippen LogP contribution in [0.3, 0.4) is 0 Å². The fourth-order valence-electron chi connectivity index (χ4n) is 9.38. The first-order valence-corrected chi connectivity index (χ1v) is 19.6. The van der Waals surface area contributed by atoms with Crippen molar-refractivity contribution in [2.24, 2.45) is 5.92 Å². The number of β-amino-alcohol motifs (C(OH)–C–C–N with tert-alkyl or cyclic N) is 1. The summed E-state index contributed by atoms with van der Waals surface area (Å²) in [4.78, 5) is 20.6. The molecule has 1 unspecified atom stereocenters. The van der Waals surface area contributed by atoms with Gasteiger partial charge in [0.05, 0.1) is 24.7 Å². The number of benzene rings is 3. The number of ether oxygens (including phenoxy) is 2. The molecule has 11 heteroatoms. The lowest BCUT2D eigenvalue weighted by molar-refractivity contribution is -0.149. The van der Waals surface area contributed by atoms with Crippen LogP contribution in [-0.4, -0.2) is 70.4 Å². The van der Waals surface area contributed by atoms with Gasteiger partial charge in [-0.2, -0.15) is 10.2 Å². The van der Waals surface area contributed by atoms with Crippen LogP contribution in [0.4, 0.5) is 0 Å². The third-order valence-electron chi connectivity index (χ3n) is 12.2. The van der Waals surface area contributed by atoms with Gasteiger partial charge in [0.1, 0.15) is 23.0 Å². The number of carboxylic acids is 1. The average Bonchev–Trinajstić information content (AvgIpc) is 3.90. The Bertz CT molecular complexity index is 2380. The van der Waals surface area contributed by atoms with Crippen molar-refractivity contribution < 1.29 is 28.9 Å². The minimum atomic E-state index is -0.744. The van der Waals surface area contributed by atoms with E-state index in [9.17, 15) is 20.3 Å². The molecule has 4 heterocycles. The SMILES string of the molecule is COc1nc(O[C@H]2CCc3c(-c4cccc(-c5cc6c7c(cc(C#N)c6o5)C(N5CC(C(=O)O)C5)CCC7)c4C)cccc32)c(Cl)cc1CN1CC[C@@H](O)C1. The normalized spacial score (nSPS) is 21.3. The molecule has 55 heavy (non-hydrogen) atoms. The summed E-state index contributed by atoms with van der Waals surface area (Å²) in [7, 11) is 1.60. The van der Waals surface area contributed by atoms with Crippen molar-refractivity contribution in [3.63, 3.8) is 0 Å². The zero-order valence-electron chi connectivity index (χ0n) is 31.0. The molecule has 3 aromatic carbocycles. The predicted octanol–water partition coefficient (Wildman–Crippen LogP) is 8.03. The number of likely N-dealkylation sites (tertiary alicyclic amines) is 2. The van der Waals surface area contributed by atoms with Crippen molar-refractivity contribution in [3.8, 4) is 40.3 Å². The molecule has 2 fully saturated rings. The monoisotopic (exact) mass is 758 g/mol. The van der Waals surface area contributed by atoms with E-state index in [1.807, 2.05) is 12.1 Å². The van der Waals surface area contributed by atoms with E-state index in [1.165, 1.54) is 11.1 Å². The average molecular weight is 759 g/mol. The fourth-order valence-corrected chi connectivity index (χ4v) is 9.60. The Morgan fingerprint density at radius 3 is 2.56 bits per heavy atom. The minimum absolute atomic E-state index is 0.107. The van der Waals surface area contributed by atoms with Crippen LogP contribution in [0.25, 0.3) is 33.4 Å². The van der Waals surface area contributed by atoms with E-state index >= 15 is 0 Å². The minimum Gasteiger partial charge on any atom is -0.481 e. The van der Waals surface area contributed by atoms with Crippen LogP contribution in [0, 0.1) is 24.2 Å². The summed E-state index contributed by atoms with van der Waals surface area (Å²) in [5, 5.41) is 31.1. The molecular weight excluding hydrogens is 716 g/mol. The number of methoxy groups -OCH3 is 1. The number of halogens is 1. The molecule has 9 rings (SSSR count). The van der Waals surface area contributed by atoms with Gasteiger partial charge in [0, 0.05) is 55.3 Å². The molecule has 2 aliphatic heterocycles. The zero-order valence-corrected chi connectivity index (χ0v) is 31.7. The van der Waals surface area contributed by atoms with E-state index in [2.05, 4.69) is 65.3 Å². The third kappa shape index (κ3) is 6.33. The largest absolute Gasteiger partial charge is 0.481 e. The highest BCUT2D eigenvalue weighted by Gasteiger charge is 2.39. The molecule has 4 aliphatic rings. The maximum Gasteiger partial charge on any atom is 0.309 e. The second-order valence-corrected chi connectivity index (χ2v) is 15.9. The topological polar surface area (TPSA) is 132 Å². The highest BCUT2D eigenvalue weighted by Crippen LogP contribution is 2.46. The molecule has 0 spiro atoms. The Kier molecular flexibility index (Phi) is 9.30. The molecular formula is C44H43ClN4O6. The number of hydrogen-bond acceptors (Lipinski definition) is 9. The molecule has 0 amide bonds. The summed E-state index contributed by atoms with van der Waals surface area (Å²) in [6.45, 7) is 5.22. The first kappa shape index (κ1) is 35.8. The molecule has 3 atom stereocenters. The number of furan rings is 1. The van der Waals surface area contributed by atoms with Gasteiger partial charge in [-0.05, 0) is 103 Å². The van der Waals surface area contributed by atoms with Gasteiger partial charge in [0.25, 0.3) is 0 Å². The molecule has 2 aromatic heterocycles. The zero-order chi connectivity index (χ0) is 38.0. The van der Waals surface area contributed by atoms with Gasteiger partial charge >= 0.3 is 5.97 Å². The van der Waals surface area contributed by atoms with Crippen molar-refractivity contribution in [3.05, 3.63) is 98.6 Å². The molecule has 282 valence electrons. The maximum absolute atomic E-state index is 11.5. The van der Waals surface area contributed by atoms with E-state index in [0.717, 1.165) is 95.2 Å². The number of hydrogen-bond donors (Lipinski definition) is 2. The number of aliphatic hydroxyl groups is 1. The quantitative estimate of drug-likeness (QED) is 0.152. The highest BCUT2D eigenvalue weighted by atomic mass is 35.5. The highest BCUT2D eigenvalue weighted by molar-refractivity contribution is 6.31. The first-order valence-electron chi connectivity index (χ1n) is 19.2. The number of fused-ring (bicyclic) bond motifs is 4.